The Balaban J connectivity index is 1.56. The molecule has 2 heterocycles. The summed E-state index contributed by atoms with van der Waals surface area (Å²) in [6.45, 7) is 3.67. The molecule has 4 rings (SSSR count). The molecule has 1 aromatic heterocycles. The number of halogens is 1. The van der Waals surface area contributed by atoms with Crippen molar-refractivity contribution in [2.24, 2.45) is 0 Å². The molecule has 0 radical (unpaired) electrons. The van der Waals surface area contributed by atoms with E-state index in [0.29, 0.717) is 12.1 Å². The van der Waals surface area contributed by atoms with Gasteiger partial charge in [-0.05, 0) is 41.0 Å². The molecule has 1 atom stereocenters. The van der Waals surface area contributed by atoms with Crippen LogP contribution in [-0.4, -0.2) is 44.7 Å². The molecule has 6 nitrogen and oxygen atoms in total. The van der Waals surface area contributed by atoms with E-state index in [2.05, 4.69) is 37.9 Å². The highest BCUT2D eigenvalue weighted by molar-refractivity contribution is 6.30. The van der Waals surface area contributed by atoms with E-state index in [-0.39, 0.29) is 0 Å². The molecule has 2 fully saturated rings. The Labute approximate surface area is 134 Å². The molecular weight excluding hydrogens is 300 g/mol. The van der Waals surface area contributed by atoms with Crippen molar-refractivity contribution in [1.29, 1.82) is 0 Å². The van der Waals surface area contributed by atoms with Gasteiger partial charge >= 0.3 is 0 Å². The fourth-order valence-corrected chi connectivity index (χ4v) is 3.28. The highest BCUT2D eigenvalue weighted by atomic mass is 35.5. The summed E-state index contributed by atoms with van der Waals surface area (Å²) in [6, 6.07) is 8.93. The first-order valence-corrected chi connectivity index (χ1v) is 8.16. The molecule has 1 aliphatic carbocycles. The van der Waals surface area contributed by atoms with Crippen LogP contribution in [-0.2, 0) is 6.54 Å². The molecular formula is C15H19ClN6. The van der Waals surface area contributed by atoms with Gasteiger partial charge in [-0.15, -0.1) is 5.10 Å². The van der Waals surface area contributed by atoms with Gasteiger partial charge in [-0.25, -0.2) is 4.68 Å². The lowest BCUT2D eigenvalue weighted by Gasteiger charge is -2.36. The van der Waals surface area contributed by atoms with Crippen molar-refractivity contribution in [3.05, 3.63) is 40.7 Å². The van der Waals surface area contributed by atoms with Gasteiger partial charge in [0, 0.05) is 30.7 Å². The number of hydrogen-bond donors (Lipinski definition) is 1. The molecule has 0 bridgehead atoms. The number of hydrogen-bond acceptors (Lipinski definition) is 5. The summed E-state index contributed by atoms with van der Waals surface area (Å²) in [4.78, 5) is 2.44. The van der Waals surface area contributed by atoms with Crippen LogP contribution in [0.25, 0.3) is 0 Å². The van der Waals surface area contributed by atoms with Crippen molar-refractivity contribution in [2.45, 2.75) is 31.5 Å². The van der Waals surface area contributed by atoms with Gasteiger partial charge in [0.15, 0.2) is 5.82 Å². The monoisotopic (exact) mass is 318 g/mol. The lowest BCUT2D eigenvalue weighted by molar-refractivity contribution is 0.147. The number of nitrogens with one attached hydrogen (secondary N) is 1. The fraction of sp³-hybridized carbons (Fsp3) is 0.533. The molecule has 1 aromatic carbocycles. The number of rotatable bonds is 4. The molecule has 1 unspecified atom stereocenters. The third-order valence-corrected chi connectivity index (χ3v) is 4.62. The lowest BCUT2D eigenvalue weighted by atomic mass is 10.0. The van der Waals surface area contributed by atoms with Crippen molar-refractivity contribution >= 4 is 11.6 Å². The molecule has 2 aliphatic rings. The lowest BCUT2D eigenvalue weighted by Crippen LogP contribution is -2.45. The SMILES string of the molecule is Clc1cccc(C2CNCCN2Cc2nnnn2C2CC2)c1. The van der Waals surface area contributed by atoms with Crippen molar-refractivity contribution in [2.75, 3.05) is 19.6 Å². The summed E-state index contributed by atoms with van der Waals surface area (Å²) in [5.74, 6) is 0.969. The Hall–Kier alpha value is -1.50. The Morgan fingerprint density at radius 3 is 3.05 bits per heavy atom. The van der Waals surface area contributed by atoms with E-state index in [0.717, 1.165) is 37.0 Å². The molecule has 1 saturated heterocycles. The van der Waals surface area contributed by atoms with Gasteiger partial charge in [-0.1, -0.05) is 23.7 Å². The number of tetrazole rings is 1. The van der Waals surface area contributed by atoms with E-state index in [1.165, 1.54) is 18.4 Å². The molecule has 1 aliphatic heterocycles. The van der Waals surface area contributed by atoms with Crippen molar-refractivity contribution in [3.8, 4) is 0 Å². The first-order chi connectivity index (χ1) is 10.8. The number of nitrogens with zero attached hydrogens (tertiary/aromatic N) is 5. The first kappa shape index (κ1) is 14.1. The van der Waals surface area contributed by atoms with E-state index < -0.39 is 0 Å². The normalized spacial score (nSPS) is 22.9. The van der Waals surface area contributed by atoms with Crippen LogP contribution < -0.4 is 5.32 Å². The second-order valence-corrected chi connectivity index (χ2v) is 6.45. The maximum atomic E-state index is 6.15. The molecule has 0 spiro atoms. The van der Waals surface area contributed by atoms with Gasteiger partial charge < -0.3 is 5.32 Å². The largest absolute Gasteiger partial charge is 0.314 e. The molecule has 1 saturated carbocycles. The van der Waals surface area contributed by atoms with Crippen LogP contribution in [0.15, 0.2) is 24.3 Å². The second-order valence-electron chi connectivity index (χ2n) is 6.02. The van der Waals surface area contributed by atoms with Crippen LogP contribution in [0, 0.1) is 0 Å². The highest BCUT2D eigenvalue weighted by Crippen LogP contribution is 2.35. The molecule has 116 valence electrons. The predicted molar refractivity (Wildman–Crippen MR) is 83.6 cm³/mol. The maximum absolute atomic E-state index is 6.15. The van der Waals surface area contributed by atoms with Crippen LogP contribution in [0.2, 0.25) is 5.02 Å². The average Bonchev–Trinajstić information content (AvgIpc) is 3.28. The quantitative estimate of drug-likeness (QED) is 0.931. The zero-order valence-electron chi connectivity index (χ0n) is 12.3. The van der Waals surface area contributed by atoms with E-state index in [9.17, 15) is 0 Å². The number of benzene rings is 1. The van der Waals surface area contributed by atoms with Gasteiger partial charge in [-0.3, -0.25) is 4.90 Å². The third kappa shape index (κ3) is 2.86. The summed E-state index contributed by atoms with van der Waals surface area (Å²) in [6.07, 6.45) is 2.38. The number of aromatic nitrogens is 4. The number of piperazine rings is 1. The van der Waals surface area contributed by atoms with Crippen molar-refractivity contribution in [1.82, 2.24) is 30.4 Å². The van der Waals surface area contributed by atoms with Gasteiger partial charge in [0.2, 0.25) is 0 Å². The van der Waals surface area contributed by atoms with Crippen LogP contribution in [0.4, 0.5) is 0 Å². The maximum Gasteiger partial charge on any atom is 0.165 e. The van der Waals surface area contributed by atoms with Crippen molar-refractivity contribution in [3.63, 3.8) is 0 Å². The van der Waals surface area contributed by atoms with Gasteiger partial charge in [0.1, 0.15) is 0 Å². The van der Waals surface area contributed by atoms with Crippen LogP contribution in [0.5, 0.6) is 0 Å². The molecule has 1 N–H and O–H groups in total. The fourth-order valence-electron chi connectivity index (χ4n) is 3.08. The highest BCUT2D eigenvalue weighted by Gasteiger charge is 2.30. The van der Waals surface area contributed by atoms with E-state index in [4.69, 9.17) is 11.6 Å². The molecule has 2 aromatic rings. The van der Waals surface area contributed by atoms with Gasteiger partial charge in [-0.2, -0.15) is 0 Å². The molecule has 7 heteroatoms. The standard InChI is InChI=1S/C15H19ClN6/c16-12-3-1-2-11(8-12)14-9-17-6-7-21(14)10-15-18-19-20-22(15)13-4-5-13/h1-3,8,13-14,17H,4-7,9-10H2. The zero-order valence-corrected chi connectivity index (χ0v) is 13.1. The smallest absolute Gasteiger partial charge is 0.165 e. The second kappa shape index (κ2) is 5.95. The minimum Gasteiger partial charge on any atom is -0.314 e. The Kier molecular flexibility index (Phi) is 3.82. The summed E-state index contributed by atoms with van der Waals surface area (Å²) in [5, 5.41) is 16.5. The van der Waals surface area contributed by atoms with E-state index in [1.807, 2.05) is 16.8 Å². The molecule has 22 heavy (non-hydrogen) atoms. The minimum atomic E-state index is 0.303. The van der Waals surface area contributed by atoms with Gasteiger partial charge in [0.05, 0.1) is 12.6 Å². The van der Waals surface area contributed by atoms with Crippen molar-refractivity contribution < 1.29 is 0 Å². The predicted octanol–water partition coefficient (Wildman–Crippen LogP) is 1.81. The Morgan fingerprint density at radius 2 is 2.23 bits per heavy atom. The summed E-state index contributed by atoms with van der Waals surface area (Å²) in [5.41, 5.74) is 1.24. The summed E-state index contributed by atoms with van der Waals surface area (Å²) >= 11 is 6.15. The first-order valence-electron chi connectivity index (χ1n) is 7.78. The van der Waals surface area contributed by atoms with Crippen LogP contribution in [0.3, 0.4) is 0 Å². The summed E-state index contributed by atoms with van der Waals surface area (Å²) < 4.78 is 2.00. The average molecular weight is 319 g/mol. The Morgan fingerprint density at radius 1 is 1.32 bits per heavy atom. The zero-order chi connectivity index (χ0) is 14.9. The van der Waals surface area contributed by atoms with Gasteiger partial charge in [0.25, 0.3) is 0 Å². The third-order valence-electron chi connectivity index (χ3n) is 4.39. The van der Waals surface area contributed by atoms with Crippen LogP contribution >= 0.6 is 11.6 Å². The topological polar surface area (TPSA) is 58.9 Å². The summed E-state index contributed by atoms with van der Waals surface area (Å²) in [7, 11) is 0. The van der Waals surface area contributed by atoms with E-state index >= 15 is 0 Å². The molecule has 0 amide bonds. The van der Waals surface area contributed by atoms with E-state index in [1.54, 1.807) is 0 Å². The minimum absolute atomic E-state index is 0.303. The Bertz CT molecular complexity index is 653. The van der Waals surface area contributed by atoms with Crippen LogP contribution in [0.1, 0.15) is 36.3 Å².